The number of nitrogens with one attached hydrogen (secondary N) is 1. The summed E-state index contributed by atoms with van der Waals surface area (Å²) >= 11 is 0. The Hall–Kier alpha value is -1.26. The molecule has 1 aliphatic heterocycles. The van der Waals surface area contributed by atoms with Gasteiger partial charge in [0.2, 0.25) is 0 Å². The second kappa shape index (κ2) is 5.39. The molecule has 1 aromatic rings. The van der Waals surface area contributed by atoms with Gasteiger partial charge in [0.1, 0.15) is 5.75 Å². The quantitative estimate of drug-likeness (QED) is 0.851. The average Bonchev–Trinajstić information content (AvgIpc) is 2.48. The Labute approximate surface area is 115 Å². The first kappa shape index (κ1) is 14.2. The highest BCUT2D eigenvalue weighted by Gasteiger charge is 2.32. The summed E-state index contributed by atoms with van der Waals surface area (Å²) in [6, 6.07) is 6.16. The topological polar surface area (TPSA) is 44.7 Å². The second-order valence-corrected chi connectivity index (χ2v) is 5.88. The van der Waals surface area contributed by atoms with E-state index in [4.69, 9.17) is 4.74 Å². The third-order valence-corrected chi connectivity index (χ3v) is 3.69. The second-order valence-electron chi connectivity index (χ2n) is 5.88. The zero-order chi connectivity index (χ0) is 14.0. The predicted molar refractivity (Wildman–Crippen MR) is 78.0 cm³/mol. The van der Waals surface area contributed by atoms with E-state index in [0.717, 1.165) is 18.0 Å². The third-order valence-electron chi connectivity index (χ3n) is 3.69. The zero-order valence-electron chi connectivity index (χ0n) is 12.2. The fraction of sp³-hybridized carbons (Fsp3) is 0.600. The molecule has 0 radical (unpaired) electrons. The molecule has 0 bridgehead atoms. The molecule has 4 heteroatoms. The van der Waals surface area contributed by atoms with Crippen molar-refractivity contribution in [2.75, 3.05) is 31.6 Å². The molecular formula is C15H24N2O2. The van der Waals surface area contributed by atoms with E-state index >= 15 is 0 Å². The van der Waals surface area contributed by atoms with Crippen LogP contribution in [0.3, 0.4) is 0 Å². The van der Waals surface area contributed by atoms with Crippen LogP contribution in [-0.4, -0.2) is 43.5 Å². The van der Waals surface area contributed by atoms with Crippen LogP contribution in [-0.2, 0) is 0 Å². The summed E-state index contributed by atoms with van der Waals surface area (Å²) < 4.78 is 5.48. The molecule has 1 fully saturated rings. The van der Waals surface area contributed by atoms with Gasteiger partial charge in [0.25, 0.3) is 0 Å². The number of nitrogens with zero attached hydrogens (tertiary/aromatic N) is 1. The van der Waals surface area contributed by atoms with E-state index in [9.17, 15) is 5.11 Å². The molecular weight excluding hydrogens is 240 g/mol. The lowest BCUT2D eigenvalue weighted by atomic mass is 10.0. The Morgan fingerprint density at radius 3 is 2.84 bits per heavy atom. The van der Waals surface area contributed by atoms with Gasteiger partial charge in [-0.2, -0.15) is 0 Å². The number of benzene rings is 1. The molecule has 4 nitrogen and oxygen atoms in total. The Morgan fingerprint density at radius 1 is 1.42 bits per heavy atom. The van der Waals surface area contributed by atoms with Gasteiger partial charge in [-0.3, -0.25) is 0 Å². The van der Waals surface area contributed by atoms with Crippen LogP contribution in [0, 0.1) is 6.92 Å². The first-order chi connectivity index (χ1) is 8.94. The molecule has 1 unspecified atom stereocenters. The minimum atomic E-state index is -0.369. The minimum absolute atomic E-state index is 0.0709. The Balaban J connectivity index is 2.44. The molecule has 2 rings (SSSR count). The summed E-state index contributed by atoms with van der Waals surface area (Å²) in [6.07, 6.45) is -0.369. The smallest absolute Gasteiger partial charge is 0.142 e. The fourth-order valence-electron chi connectivity index (χ4n) is 2.60. The van der Waals surface area contributed by atoms with Crippen molar-refractivity contribution < 1.29 is 9.84 Å². The third kappa shape index (κ3) is 3.01. The van der Waals surface area contributed by atoms with Crippen LogP contribution >= 0.6 is 0 Å². The van der Waals surface area contributed by atoms with E-state index in [1.165, 1.54) is 5.56 Å². The Bertz CT molecular complexity index is 446. The van der Waals surface area contributed by atoms with E-state index in [1.807, 2.05) is 12.1 Å². The minimum Gasteiger partial charge on any atom is -0.495 e. The Morgan fingerprint density at radius 2 is 2.16 bits per heavy atom. The van der Waals surface area contributed by atoms with Gasteiger partial charge in [-0.25, -0.2) is 0 Å². The molecule has 0 amide bonds. The van der Waals surface area contributed by atoms with Gasteiger partial charge in [-0.15, -0.1) is 0 Å². The van der Waals surface area contributed by atoms with Crippen molar-refractivity contribution in [3.63, 3.8) is 0 Å². The number of aliphatic hydroxyl groups is 1. The molecule has 0 aromatic heterocycles. The number of aryl methyl sites for hydroxylation is 1. The molecule has 1 aromatic carbocycles. The first-order valence-electron chi connectivity index (χ1n) is 6.75. The number of hydrogen-bond acceptors (Lipinski definition) is 4. The maximum Gasteiger partial charge on any atom is 0.142 e. The molecule has 1 heterocycles. The van der Waals surface area contributed by atoms with E-state index in [1.54, 1.807) is 7.11 Å². The van der Waals surface area contributed by atoms with Crippen molar-refractivity contribution in [2.45, 2.75) is 32.4 Å². The van der Waals surface area contributed by atoms with Gasteiger partial charge < -0.3 is 20.1 Å². The molecule has 1 saturated heterocycles. The molecule has 106 valence electrons. The lowest BCUT2D eigenvalue weighted by Gasteiger charge is -2.40. The molecule has 1 aliphatic rings. The highest BCUT2D eigenvalue weighted by molar-refractivity contribution is 5.62. The van der Waals surface area contributed by atoms with Gasteiger partial charge in [-0.05, 0) is 38.5 Å². The monoisotopic (exact) mass is 264 g/mol. The van der Waals surface area contributed by atoms with Crippen LogP contribution in [0.25, 0.3) is 0 Å². The summed E-state index contributed by atoms with van der Waals surface area (Å²) in [7, 11) is 1.69. The van der Waals surface area contributed by atoms with E-state index in [0.29, 0.717) is 13.1 Å². The molecule has 19 heavy (non-hydrogen) atoms. The highest BCUT2D eigenvalue weighted by Crippen LogP contribution is 2.34. The number of aliphatic hydroxyl groups excluding tert-OH is 1. The SMILES string of the molecule is COc1ccc(C)cc1N1CC(O)CNCC1(C)C. The van der Waals surface area contributed by atoms with Crippen molar-refractivity contribution in [1.29, 1.82) is 0 Å². The Kier molecular flexibility index (Phi) is 4.02. The maximum atomic E-state index is 10.0. The predicted octanol–water partition coefficient (Wildman–Crippen LogP) is 1.55. The van der Waals surface area contributed by atoms with Crippen LogP contribution in [0.1, 0.15) is 19.4 Å². The number of ether oxygens (including phenoxy) is 1. The van der Waals surface area contributed by atoms with Crippen LogP contribution in [0.5, 0.6) is 5.75 Å². The zero-order valence-corrected chi connectivity index (χ0v) is 12.2. The van der Waals surface area contributed by atoms with Gasteiger partial charge in [0, 0.05) is 25.2 Å². The molecule has 0 saturated carbocycles. The van der Waals surface area contributed by atoms with E-state index < -0.39 is 0 Å². The van der Waals surface area contributed by atoms with Crippen molar-refractivity contribution in [1.82, 2.24) is 5.32 Å². The molecule has 0 spiro atoms. The van der Waals surface area contributed by atoms with Crippen molar-refractivity contribution >= 4 is 5.69 Å². The standard InChI is InChI=1S/C15H24N2O2/c1-11-5-6-14(19-4)13(7-11)17-9-12(18)8-16-10-15(17,2)3/h5-7,12,16,18H,8-10H2,1-4H3. The number of methoxy groups -OCH3 is 1. The fourth-order valence-corrected chi connectivity index (χ4v) is 2.60. The maximum absolute atomic E-state index is 10.0. The number of hydrogen-bond donors (Lipinski definition) is 2. The van der Waals surface area contributed by atoms with Crippen LogP contribution in [0.2, 0.25) is 0 Å². The highest BCUT2D eigenvalue weighted by atomic mass is 16.5. The van der Waals surface area contributed by atoms with Crippen LogP contribution < -0.4 is 15.0 Å². The summed E-state index contributed by atoms with van der Waals surface area (Å²) in [5, 5.41) is 13.3. The van der Waals surface area contributed by atoms with Crippen molar-refractivity contribution in [2.24, 2.45) is 0 Å². The van der Waals surface area contributed by atoms with Crippen molar-refractivity contribution in [3.8, 4) is 5.75 Å². The number of β-amino-alcohol motifs (C(OH)–C–C–N with tert-alkyl or cyclic N) is 1. The molecule has 2 N–H and O–H groups in total. The molecule has 0 aliphatic carbocycles. The van der Waals surface area contributed by atoms with Crippen LogP contribution in [0.4, 0.5) is 5.69 Å². The first-order valence-corrected chi connectivity index (χ1v) is 6.75. The van der Waals surface area contributed by atoms with Gasteiger partial charge >= 0.3 is 0 Å². The normalized spacial score (nSPS) is 23.0. The van der Waals surface area contributed by atoms with Gasteiger partial charge in [0.15, 0.2) is 0 Å². The van der Waals surface area contributed by atoms with E-state index in [2.05, 4.69) is 37.1 Å². The number of anilines is 1. The van der Waals surface area contributed by atoms with Gasteiger partial charge in [0.05, 0.1) is 18.9 Å². The lowest BCUT2D eigenvalue weighted by Crippen LogP contribution is -2.49. The molecule has 1 atom stereocenters. The number of rotatable bonds is 2. The summed E-state index contributed by atoms with van der Waals surface area (Å²) in [5.41, 5.74) is 2.17. The van der Waals surface area contributed by atoms with Crippen LogP contribution in [0.15, 0.2) is 18.2 Å². The van der Waals surface area contributed by atoms with E-state index in [-0.39, 0.29) is 11.6 Å². The van der Waals surface area contributed by atoms with Gasteiger partial charge in [-0.1, -0.05) is 6.07 Å². The summed E-state index contributed by atoms with van der Waals surface area (Å²) in [5.74, 6) is 0.854. The summed E-state index contributed by atoms with van der Waals surface area (Å²) in [4.78, 5) is 2.24. The largest absolute Gasteiger partial charge is 0.495 e. The lowest BCUT2D eigenvalue weighted by molar-refractivity contribution is 0.183. The average molecular weight is 264 g/mol. The summed E-state index contributed by atoms with van der Waals surface area (Å²) in [6.45, 7) is 8.51. The van der Waals surface area contributed by atoms with Crippen molar-refractivity contribution in [3.05, 3.63) is 23.8 Å².